The molecule has 0 aliphatic carbocycles. The van der Waals surface area contributed by atoms with Gasteiger partial charge < -0.3 is 0 Å². The van der Waals surface area contributed by atoms with Crippen LogP contribution in [0.1, 0.15) is 26.7 Å². The van der Waals surface area contributed by atoms with Crippen LogP contribution in [0.25, 0.3) is 0 Å². The molecule has 0 heterocycles. The second-order valence-electron chi connectivity index (χ2n) is 2.68. The predicted octanol–water partition coefficient (Wildman–Crippen LogP) is 3.50. The molecule has 0 fully saturated rings. The SMILES string of the molecule is CC/C=C\C(C)C/C=C/CF. The zero-order chi connectivity index (χ0) is 8.53. The lowest BCUT2D eigenvalue weighted by Gasteiger charge is -1.99. The monoisotopic (exact) mass is 156 g/mol. The number of hydrogen-bond acceptors (Lipinski definition) is 0. The molecule has 0 aromatic rings. The van der Waals surface area contributed by atoms with Gasteiger partial charge in [0.15, 0.2) is 0 Å². The van der Waals surface area contributed by atoms with Gasteiger partial charge in [-0.15, -0.1) is 0 Å². The van der Waals surface area contributed by atoms with Crippen LogP contribution in [0.4, 0.5) is 4.39 Å². The summed E-state index contributed by atoms with van der Waals surface area (Å²) in [5, 5.41) is 0. The summed E-state index contributed by atoms with van der Waals surface area (Å²) in [7, 11) is 0. The van der Waals surface area contributed by atoms with E-state index in [0.717, 1.165) is 12.8 Å². The van der Waals surface area contributed by atoms with Gasteiger partial charge in [0.2, 0.25) is 0 Å². The van der Waals surface area contributed by atoms with Crippen LogP contribution < -0.4 is 0 Å². The summed E-state index contributed by atoms with van der Waals surface area (Å²) >= 11 is 0. The van der Waals surface area contributed by atoms with Crippen molar-refractivity contribution in [3.05, 3.63) is 24.3 Å². The van der Waals surface area contributed by atoms with E-state index in [-0.39, 0.29) is 6.67 Å². The van der Waals surface area contributed by atoms with Gasteiger partial charge in [-0.25, -0.2) is 4.39 Å². The Morgan fingerprint density at radius 1 is 1.27 bits per heavy atom. The first-order valence-corrected chi connectivity index (χ1v) is 4.18. The molecule has 11 heavy (non-hydrogen) atoms. The molecule has 0 saturated heterocycles. The summed E-state index contributed by atoms with van der Waals surface area (Å²) in [6.07, 6.45) is 9.80. The molecule has 0 nitrogen and oxygen atoms in total. The Kier molecular flexibility index (Phi) is 7.11. The molecule has 64 valence electrons. The Balaban J connectivity index is 3.43. The molecule has 0 saturated carbocycles. The zero-order valence-electron chi connectivity index (χ0n) is 7.39. The molecule has 0 N–H and O–H groups in total. The summed E-state index contributed by atoms with van der Waals surface area (Å²) in [4.78, 5) is 0. The molecule has 0 spiro atoms. The average Bonchev–Trinajstić information content (AvgIpc) is 2.01. The summed E-state index contributed by atoms with van der Waals surface area (Å²) in [6.45, 7) is 3.90. The van der Waals surface area contributed by atoms with Gasteiger partial charge in [-0.3, -0.25) is 0 Å². The fourth-order valence-electron chi connectivity index (χ4n) is 0.821. The van der Waals surface area contributed by atoms with Crippen LogP contribution in [0.2, 0.25) is 0 Å². The summed E-state index contributed by atoms with van der Waals surface area (Å²) < 4.78 is 11.6. The fourth-order valence-corrected chi connectivity index (χ4v) is 0.821. The molecular weight excluding hydrogens is 139 g/mol. The smallest absolute Gasteiger partial charge is 0.108 e. The third kappa shape index (κ3) is 7.31. The standard InChI is InChI=1S/C10H17F/c1-3-4-7-10(2)8-5-6-9-11/h4-7,10H,3,8-9H2,1-2H3/b6-5+,7-4-. The first kappa shape index (κ1) is 10.4. The van der Waals surface area contributed by atoms with E-state index >= 15 is 0 Å². The van der Waals surface area contributed by atoms with Crippen LogP contribution in [0.5, 0.6) is 0 Å². The Morgan fingerprint density at radius 2 is 2.00 bits per heavy atom. The van der Waals surface area contributed by atoms with Gasteiger partial charge in [0, 0.05) is 0 Å². The normalized spacial score (nSPS) is 14.8. The van der Waals surface area contributed by atoms with E-state index in [1.165, 1.54) is 0 Å². The second-order valence-corrected chi connectivity index (χ2v) is 2.68. The summed E-state index contributed by atoms with van der Waals surface area (Å²) in [6, 6.07) is 0. The van der Waals surface area contributed by atoms with Crippen molar-refractivity contribution in [3.8, 4) is 0 Å². The van der Waals surface area contributed by atoms with Gasteiger partial charge in [0.1, 0.15) is 6.67 Å². The lowest BCUT2D eigenvalue weighted by molar-refractivity contribution is 0.559. The van der Waals surface area contributed by atoms with E-state index in [0.29, 0.717) is 5.92 Å². The van der Waals surface area contributed by atoms with Gasteiger partial charge in [-0.05, 0) is 18.8 Å². The number of halogens is 1. The molecule has 0 aliphatic heterocycles. The highest BCUT2D eigenvalue weighted by Crippen LogP contribution is 2.04. The maximum absolute atomic E-state index is 11.6. The van der Waals surface area contributed by atoms with Crippen molar-refractivity contribution < 1.29 is 4.39 Å². The second kappa shape index (κ2) is 7.52. The molecule has 0 rings (SSSR count). The molecule has 1 unspecified atom stereocenters. The van der Waals surface area contributed by atoms with Gasteiger partial charge in [-0.2, -0.15) is 0 Å². The van der Waals surface area contributed by atoms with Crippen LogP contribution in [-0.4, -0.2) is 6.67 Å². The van der Waals surface area contributed by atoms with Crippen LogP contribution in [0.3, 0.4) is 0 Å². The molecule has 0 aromatic carbocycles. The van der Waals surface area contributed by atoms with Crippen molar-refractivity contribution in [2.45, 2.75) is 26.7 Å². The highest BCUT2D eigenvalue weighted by molar-refractivity contribution is 4.91. The molecular formula is C10H17F. The minimum atomic E-state index is -0.343. The maximum Gasteiger partial charge on any atom is 0.108 e. The topological polar surface area (TPSA) is 0 Å². The Labute approximate surface area is 68.8 Å². The summed E-state index contributed by atoms with van der Waals surface area (Å²) in [5.41, 5.74) is 0. The molecule has 1 heteroatoms. The van der Waals surface area contributed by atoms with Crippen molar-refractivity contribution >= 4 is 0 Å². The van der Waals surface area contributed by atoms with E-state index in [1.807, 2.05) is 6.08 Å². The van der Waals surface area contributed by atoms with E-state index in [9.17, 15) is 4.39 Å². The lowest BCUT2D eigenvalue weighted by Crippen LogP contribution is -1.85. The fraction of sp³-hybridized carbons (Fsp3) is 0.600. The van der Waals surface area contributed by atoms with E-state index < -0.39 is 0 Å². The largest absolute Gasteiger partial charge is 0.247 e. The van der Waals surface area contributed by atoms with Crippen molar-refractivity contribution in [2.75, 3.05) is 6.67 Å². The van der Waals surface area contributed by atoms with Crippen LogP contribution in [0.15, 0.2) is 24.3 Å². The lowest BCUT2D eigenvalue weighted by atomic mass is 10.1. The van der Waals surface area contributed by atoms with E-state index in [4.69, 9.17) is 0 Å². The molecule has 1 atom stereocenters. The first-order valence-electron chi connectivity index (χ1n) is 4.18. The van der Waals surface area contributed by atoms with Gasteiger partial charge >= 0.3 is 0 Å². The molecule has 0 aliphatic rings. The van der Waals surface area contributed by atoms with Gasteiger partial charge in [-0.1, -0.05) is 38.2 Å². The average molecular weight is 156 g/mol. The Bertz CT molecular complexity index is 125. The van der Waals surface area contributed by atoms with Crippen molar-refractivity contribution in [1.29, 1.82) is 0 Å². The highest BCUT2D eigenvalue weighted by Gasteiger charge is 1.90. The third-order valence-electron chi connectivity index (χ3n) is 1.46. The maximum atomic E-state index is 11.6. The first-order chi connectivity index (χ1) is 5.31. The third-order valence-corrected chi connectivity index (χ3v) is 1.46. The minimum Gasteiger partial charge on any atom is -0.247 e. The van der Waals surface area contributed by atoms with Crippen LogP contribution in [0, 0.1) is 5.92 Å². The van der Waals surface area contributed by atoms with E-state index in [2.05, 4.69) is 26.0 Å². The minimum absolute atomic E-state index is 0.343. The Hall–Kier alpha value is -0.590. The van der Waals surface area contributed by atoms with Crippen molar-refractivity contribution in [2.24, 2.45) is 5.92 Å². The summed E-state index contributed by atoms with van der Waals surface area (Å²) in [5.74, 6) is 0.540. The number of hydrogen-bond donors (Lipinski definition) is 0. The molecule has 0 aromatic heterocycles. The molecule has 0 amide bonds. The van der Waals surface area contributed by atoms with Gasteiger partial charge in [0.25, 0.3) is 0 Å². The predicted molar refractivity (Wildman–Crippen MR) is 48.3 cm³/mol. The quantitative estimate of drug-likeness (QED) is 0.534. The molecule has 0 radical (unpaired) electrons. The number of alkyl halides is 1. The zero-order valence-corrected chi connectivity index (χ0v) is 7.39. The van der Waals surface area contributed by atoms with Crippen LogP contribution >= 0.6 is 0 Å². The highest BCUT2D eigenvalue weighted by atomic mass is 19.1. The van der Waals surface area contributed by atoms with Gasteiger partial charge in [0.05, 0.1) is 0 Å². The van der Waals surface area contributed by atoms with Crippen LogP contribution in [-0.2, 0) is 0 Å². The van der Waals surface area contributed by atoms with E-state index in [1.54, 1.807) is 6.08 Å². The van der Waals surface area contributed by atoms with Crippen molar-refractivity contribution in [1.82, 2.24) is 0 Å². The molecule has 0 bridgehead atoms. The number of rotatable bonds is 5. The number of allylic oxidation sites excluding steroid dienone is 4. The van der Waals surface area contributed by atoms with Crippen molar-refractivity contribution in [3.63, 3.8) is 0 Å². The Morgan fingerprint density at radius 3 is 2.55 bits per heavy atom.